The van der Waals surface area contributed by atoms with E-state index in [2.05, 4.69) is 0 Å². The lowest BCUT2D eigenvalue weighted by Gasteiger charge is -2.00. The predicted octanol–water partition coefficient (Wildman–Crippen LogP) is 3.77. The van der Waals surface area contributed by atoms with Crippen LogP contribution in [0.1, 0.15) is 9.75 Å². The Hall–Kier alpha value is -1.66. The minimum Gasteiger partial charge on any atom is -0.503 e. The van der Waals surface area contributed by atoms with E-state index >= 15 is 0 Å². The van der Waals surface area contributed by atoms with Crippen molar-refractivity contribution in [2.75, 3.05) is 14.2 Å². The summed E-state index contributed by atoms with van der Waals surface area (Å²) in [6.45, 7) is 0. The number of aliphatic hydroxyl groups excluding tert-OH is 2. The summed E-state index contributed by atoms with van der Waals surface area (Å²) in [5.74, 6) is 0.983. The van der Waals surface area contributed by atoms with Gasteiger partial charge in [0.25, 0.3) is 0 Å². The maximum absolute atomic E-state index is 9.98. The molecule has 0 spiro atoms. The first-order valence-corrected chi connectivity index (χ1v) is 6.79. The van der Waals surface area contributed by atoms with Gasteiger partial charge >= 0.3 is 0 Å². The van der Waals surface area contributed by atoms with Crippen molar-refractivity contribution in [3.63, 3.8) is 0 Å². The van der Waals surface area contributed by atoms with Crippen molar-refractivity contribution in [1.29, 1.82) is 0 Å². The molecule has 18 heavy (non-hydrogen) atoms. The highest BCUT2D eigenvalue weighted by molar-refractivity contribution is 7.12. The molecule has 0 fully saturated rings. The van der Waals surface area contributed by atoms with Crippen molar-refractivity contribution < 1.29 is 19.7 Å². The van der Waals surface area contributed by atoms with Crippen molar-refractivity contribution in [1.82, 2.24) is 0 Å². The molecule has 0 unspecified atom stereocenters. The third-order valence-electron chi connectivity index (χ3n) is 2.31. The van der Waals surface area contributed by atoms with Crippen LogP contribution in [0.5, 0.6) is 11.5 Å². The van der Waals surface area contributed by atoms with Gasteiger partial charge in [-0.2, -0.15) is 0 Å². The molecule has 0 saturated heterocycles. The maximum atomic E-state index is 9.98. The molecule has 0 saturated carbocycles. The van der Waals surface area contributed by atoms with E-state index in [4.69, 9.17) is 9.47 Å². The number of thiophene rings is 2. The summed E-state index contributed by atoms with van der Waals surface area (Å²) in [6, 6.07) is 3.34. The van der Waals surface area contributed by atoms with Gasteiger partial charge in [0.1, 0.15) is 11.5 Å². The largest absolute Gasteiger partial charge is 0.503 e. The van der Waals surface area contributed by atoms with Crippen molar-refractivity contribution >= 4 is 34.2 Å². The molecule has 0 aromatic carbocycles. The average Bonchev–Trinajstić information content (AvgIpc) is 3.05. The van der Waals surface area contributed by atoms with Crippen LogP contribution >= 0.6 is 22.7 Å². The Morgan fingerprint density at radius 2 is 1.28 bits per heavy atom. The van der Waals surface area contributed by atoms with Gasteiger partial charge in [-0.15, -0.1) is 22.7 Å². The molecule has 0 bridgehead atoms. The zero-order valence-electron chi connectivity index (χ0n) is 9.84. The third kappa shape index (κ3) is 2.44. The first kappa shape index (κ1) is 12.8. The smallest absolute Gasteiger partial charge is 0.176 e. The van der Waals surface area contributed by atoms with Crippen LogP contribution in [0.2, 0.25) is 0 Å². The van der Waals surface area contributed by atoms with Gasteiger partial charge in [-0.25, -0.2) is 0 Å². The SMILES string of the molecule is COc1csc(/C(O)=C(\O)c2cc(OC)cs2)c1. The molecule has 96 valence electrons. The van der Waals surface area contributed by atoms with Crippen LogP contribution in [0.4, 0.5) is 0 Å². The van der Waals surface area contributed by atoms with Gasteiger partial charge in [0.15, 0.2) is 11.5 Å². The van der Waals surface area contributed by atoms with Gasteiger partial charge in [0.05, 0.1) is 24.0 Å². The van der Waals surface area contributed by atoms with E-state index in [1.807, 2.05) is 0 Å². The summed E-state index contributed by atoms with van der Waals surface area (Å²) >= 11 is 2.60. The zero-order chi connectivity index (χ0) is 13.1. The van der Waals surface area contributed by atoms with Crippen LogP contribution in [0.15, 0.2) is 22.9 Å². The Labute approximate surface area is 112 Å². The highest BCUT2D eigenvalue weighted by Gasteiger charge is 2.14. The van der Waals surface area contributed by atoms with Crippen molar-refractivity contribution in [3.8, 4) is 11.5 Å². The first-order valence-electron chi connectivity index (χ1n) is 5.03. The fraction of sp³-hybridized carbons (Fsp3) is 0.167. The molecule has 2 aromatic rings. The Balaban J connectivity index is 2.33. The minimum atomic E-state index is -0.159. The van der Waals surface area contributed by atoms with Crippen LogP contribution in [-0.2, 0) is 0 Å². The van der Waals surface area contributed by atoms with E-state index in [0.717, 1.165) is 0 Å². The summed E-state index contributed by atoms with van der Waals surface area (Å²) in [4.78, 5) is 1.11. The van der Waals surface area contributed by atoms with E-state index in [0.29, 0.717) is 21.3 Å². The van der Waals surface area contributed by atoms with E-state index < -0.39 is 0 Å². The molecule has 0 atom stereocenters. The highest BCUT2D eigenvalue weighted by Crippen LogP contribution is 2.33. The second-order valence-electron chi connectivity index (χ2n) is 3.40. The summed E-state index contributed by atoms with van der Waals surface area (Å²) in [5.41, 5.74) is 0. The fourth-order valence-electron chi connectivity index (χ4n) is 1.33. The van der Waals surface area contributed by atoms with E-state index in [-0.39, 0.29) is 11.5 Å². The van der Waals surface area contributed by atoms with Gasteiger partial charge in [-0.05, 0) is 0 Å². The Bertz CT molecular complexity index is 518. The normalized spacial score (nSPS) is 12.1. The van der Waals surface area contributed by atoms with Crippen molar-refractivity contribution in [2.24, 2.45) is 0 Å². The average molecular weight is 284 g/mol. The molecule has 2 rings (SSSR count). The Morgan fingerprint density at radius 3 is 1.56 bits per heavy atom. The highest BCUT2D eigenvalue weighted by atomic mass is 32.1. The third-order valence-corrected chi connectivity index (χ3v) is 4.14. The molecule has 2 N–H and O–H groups in total. The first-order chi connectivity index (χ1) is 8.65. The fourth-order valence-corrected chi connectivity index (χ4v) is 2.93. The lowest BCUT2D eigenvalue weighted by atomic mass is 10.3. The molecule has 2 heterocycles. The lowest BCUT2D eigenvalue weighted by Crippen LogP contribution is -1.86. The molecule has 6 heteroatoms. The second kappa shape index (κ2) is 5.32. The van der Waals surface area contributed by atoms with Crippen LogP contribution in [0.3, 0.4) is 0 Å². The number of hydrogen-bond acceptors (Lipinski definition) is 6. The van der Waals surface area contributed by atoms with Crippen LogP contribution in [0.25, 0.3) is 11.5 Å². The molecular weight excluding hydrogens is 272 g/mol. The molecule has 0 amide bonds. The van der Waals surface area contributed by atoms with Gasteiger partial charge in [-0.3, -0.25) is 0 Å². The topological polar surface area (TPSA) is 58.9 Å². The Kier molecular flexibility index (Phi) is 3.78. The summed E-state index contributed by atoms with van der Waals surface area (Å²) in [6.07, 6.45) is 0. The molecule has 0 aliphatic heterocycles. The van der Waals surface area contributed by atoms with Crippen molar-refractivity contribution in [2.45, 2.75) is 0 Å². The second-order valence-corrected chi connectivity index (χ2v) is 5.22. The summed E-state index contributed by atoms with van der Waals surface area (Å²) in [7, 11) is 3.10. The quantitative estimate of drug-likeness (QED) is 0.839. The summed E-state index contributed by atoms with van der Waals surface area (Å²) in [5, 5.41) is 23.5. The minimum absolute atomic E-state index is 0.159. The van der Waals surface area contributed by atoms with Gasteiger partial charge < -0.3 is 19.7 Å². The maximum Gasteiger partial charge on any atom is 0.176 e. The van der Waals surface area contributed by atoms with Gasteiger partial charge in [0.2, 0.25) is 0 Å². The Morgan fingerprint density at radius 1 is 0.889 bits per heavy atom. The molecule has 2 aromatic heterocycles. The lowest BCUT2D eigenvalue weighted by molar-refractivity contribution is 0.415. The van der Waals surface area contributed by atoms with E-state index in [9.17, 15) is 10.2 Å². The predicted molar refractivity (Wildman–Crippen MR) is 73.8 cm³/mol. The molecule has 0 aliphatic carbocycles. The van der Waals surface area contributed by atoms with Crippen LogP contribution in [0, 0.1) is 0 Å². The zero-order valence-corrected chi connectivity index (χ0v) is 11.5. The van der Waals surface area contributed by atoms with Gasteiger partial charge in [-0.1, -0.05) is 0 Å². The standard InChI is InChI=1S/C12H12O4S2/c1-15-7-3-9(17-5-7)11(13)12(14)10-4-8(16-2)6-18-10/h3-6,13-14H,1-2H3/b12-11+. The van der Waals surface area contributed by atoms with Crippen LogP contribution < -0.4 is 9.47 Å². The number of methoxy groups -OCH3 is 2. The van der Waals surface area contributed by atoms with Gasteiger partial charge in [0, 0.05) is 22.9 Å². The van der Waals surface area contributed by atoms with E-state index in [1.54, 1.807) is 37.1 Å². The number of hydrogen-bond donors (Lipinski definition) is 2. The number of ether oxygens (including phenoxy) is 2. The van der Waals surface area contributed by atoms with E-state index in [1.165, 1.54) is 22.7 Å². The monoisotopic (exact) mass is 284 g/mol. The number of rotatable bonds is 4. The molecule has 0 aliphatic rings. The van der Waals surface area contributed by atoms with Crippen LogP contribution in [-0.4, -0.2) is 24.4 Å². The molecule has 4 nitrogen and oxygen atoms in total. The molecular formula is C12H12O4S2. The number of aliphatic hydroxyl groups is 2. The molecule has 0 radical (unpaired) electrons. The summed E-state index contributed by atoms with van der Waals surface area (Å²) < 4.78 is 10.1. The van der Waals surface area contributed by atoms with Crippen molar-refractivity contribution in [3.05, 3.63) is 32.6 Å².